The van der Waals surface area contributed by atoms with Gasteiger partial charge in [-0.2, -0.15) is 0 Å². The van der Waals surface area contributed by atoms with Crippen LogP contribution in [0.3, 0.4) is 0 Å². The van der Waals surface area contributed by atoms with E-state index in [1.165, 1.54) is 56.9 Å². The zero-order chi connectivity index (χ0) is 23.6. The van der Waals surface area contributed by atoms with Gasteiger partial charge in [-0.3, -0.25) is 0 Å². The van der Waals surface area contributed by atoms with Crippen LogP contribution in [0.15, 0.2) is 11.3 Å². The van der Waals surface area contributed by atoms with E-state index < -0.39 is 0 Å². The summed E-state index contributed by atoms with van der Waals surface area (Å²) in [6.45, 7) is 17.1. The first-order valence-electron chi connectivity index (χ1n) is 12.5. The Bertz CT molecular complexity index is 721. The molecule has 0 fully saturated rings. The average Bonchev–Trinajstić information content (AvgIpc) is 2.70. The smallest absolute Gasteiger partial charge is 0.127 e. The highest BCUT2D eigenvalue weighted by atomic mass is 16.3. The molecular formula is C29H48O2. The molecule has 0 aliphatic carbocycles. The predicted molar refractivity (Wildman–Crippen MR) is 136 cm³/mol. The quantitative estimate of drug-likeness (QED) is 0.243. The van der Waals surface area contributed by atoms with Gasteiger partial charge in [0.1, 0.15) is 11.5 Å². The van der Waals surface area contributed by atoms with E-state index in [-0.39, 0.29) is 11.5 Å². The molecule has 2 unspecified atom stereocenters. The fourth-order valence-electron chi connectivity index (χ4n) is 4.28. The number of phenols is 2. The Balaban J connectivity index is 2.43. The van der Waals surface area contributed by atoms with Crippen molar-refractivity contribution in [1.29, 1.82) is 0 Å². The monoisotopic (exact) mass is 428 g/mol. The van der Waals surface area contributed by atoms with E-state index in [2.05, 4.69) is 40.3 Å². The molecule has 31 heavy (non-hydrogen) atoms. The highest BCUT2D eigenvalue weighted by molar-refractivity contribution is 5.68. The fraction of sp³-hybridized carbons (Fsp3) is 0.690. The van der Waals surface area contributed by atoms with Crippen molar-refractivity contribution in [3.63, 3.8) is 0 Å². The van der Waals surface area contributed by atoms with Gasteiger partial charge >= 0.3 is 0 Å². The third kappa shape index (κ3) is 9.56. The molecule has 0 aliphatic heterocycles. The minimum absolute atomic E-state index is 0.250. The number of rotatable bonds is 13. The first-order valence-corrected chi connectivity index (χ1v) is 12.5. The van der Waals surface area contributed by atoms with Crippen molar-refractivity contribution in [2.75, 3.05) is 0 Å². The maximum Gasteiger partial charge on any atom is 0.127 e. The molecule has 2 atom stereocenters. The van der Waals surface area contributed by atoms with Crippen molar-refractivity contribution in [2.24, 2.45) is 17.8 Å². The molecule has 0 amide bonds. The Morgan fingerprint density at radius 2 is 1.23 bits per heavy atom. The van der Waals surface area contributed by atoms with Crippen molar-refractivity contribution in [1.82, 2.24) is 0 Å². The number of aromatic hydroxyl groups is 2. The molecule has 0 saturated carbocycles. The summed E-state index contributed by atoms with van der Waals surface area (Å²) in [5.74, 6) is 3.00. The van der Waals surface area contributed by atoms with Crippen LogP contribution in [0.25, 0.3) is 6.08 Å². The van der Waals surface area contributed by atoms with Crippen molar-refractivity contribution >= 4 is 6.08 Å². The summed E-state index contributed by atoms with van der Waals surface area (Å²) >= 11 is 0. The lowest BCUT2D eigenvalue weighted by molar-refractivity contribution is 0.389. The van der Waals surface area contributed by atoms with Crippen LogP contribution in [-0.4, -0.2) is 10.2 Å². The largest absolute Gasteiger partial charge is 0.507 e. The van der Waals surface area contributed by atoms with Crippen LogP contribution in [0, 0.1) is 38.5 Å². The summed E-state index contributed by atoms with van der Waals surface area (Å²) in [4.78, 5) is 0. The van der Waals surface area contributed by atoms with Crippen molar-refractivity contribution < 1.29 is 10.2 Å². The Labute approximate surface area is 192 Å². The van der Waals surface area contributed by atoms with Gasteiger partial charge in [0.2, 0.25) is 0 Å². The molecule has 2 heteroatoms. The fourth-order valence-corrected chi connectivity index (χ4v) is 4.28. The summed E-state index contributed by atoms with van der Waals surface area (Å²) in [7, 11) is 0. The first-order chi connectivity index (χ1) is 14.5. The molecule has 0 aromatic heterocycles. The first kappa shape index (κ1) is 27.4. The Morgan fingerprint density at radius 1 is 0.742 bits per heavy atom. The second-order valence-electron chi connectivity index (χ2n) is 10.4. The minimum Gasteiger partial charge on any atom is -0.507 e. The number of hydrogen-bond acceptors (Lipinski definition) is 2. The van der Waals surface area contributed by atoms with Crippen LogP contribution in [0.5, 0.6) is 11.5 Å². The van der Waals surface area contributed by atoms with Crippen LogP contribution in [0.4, 0.5) is 0 Å². The molecule has 0 spiro atoms. The topological polar surface area (TPSA) is 40.5 Å². The molecule has 0 aliphatic rings. The molecule has 176 valence electrons. The van der Waals surface area contributed by atoms with Crippen LogP contribution in [0.2, 0.25) is 0 Å². The summed E-state index contributed by atoms with van der Waals surface area (Å²) < 4.78 is 0. The highest BCUT2D eigenvalue weighted by Crippen LogP contribution is 2.36. The van der Waals surface area contributed by atoms with Crippen LogP contribution in [0.1, 0.15) is 115 Å². The van der Waals surface area contributed by atoms with Gasteiger partial charge in [0.15, 0.2) is 0 Å². The summed E-state index contributed by atoms with van der Waals surface area (Å²) in [6, 6.07) is 0. The standard InChI is InChI=1S/C29H48O2/c1-20(2)12-9-13-21(3)14-10-15-22(4)16-11-17-23(5)18-19-27-26(8)28(30)24(6)25(7)29(27)31/h19-22,30-31H,9-17H2,1-8H3. The van der Waals surface area contributed by atoms with Crippen LogP contribution < -0.4 is 0 Å². The number of allylic oxidation sites excluding steroid dienone is 1. The Kier molecular flexibility index (Phi) is 12.1. The van der Waals surface area contributed by atoms with E-state index in [0.29, 0.717) is 11.1 Å². The van der Waals surface area contributed by atoms with E-state index in [4.69, 9.17) is 0 Å². The second kappa shape index (κ2) is 13.7. The molecule has 2 N–H and O–H groups in total. The molecule has 1 aromatic rings. The van der Waals surface area contributed by atoms with E-state index in [1.807, 2.05) is 26.8 Å². The molecule has 0 radical (unpaired) electrons. The normalized spacial score (nSPS) is 13.2. The number of hydrogen-bond donors (Lipinski definition) is 2. The van der Waals surface area contributed by atoms with E-state index in [9.17, 15) is 10.2 Å². The minimum atomic E-state index is 0.250. The molecular weight excluding hydrogens is 380 g/mol. The van der Waals surface area contributed by atoms with E-state index >= 15 is 0 Å². The molecule has 0 bridgehead atoms. The average molecular weight is 429 g/mol. The summed E-state index contributed by atoms with van der Waals surface area (Å²) in [6.07, 6.45) is 13.5. The summed E-state index contributed by atoms with van der Waals surface area (Å²) in [5, 5.41) is 20.7. The van der Waals surface area contributed by atoms with Gasteiger partial charge in [-0.05, 0) is 81.1 Å². The van der Waals surface area contributed by atoms with Gasteiger partial charge in [0.25, 0.3) is 0 Å². The van der Waals surface area contributed by atoms with Gasteiger partial charge in [-0.15, -0.1) is 5.73 Å². The predicted octanol–water partition coefficient (Wildman–Crippen LogP) is 9.02. The third-order valence-corrected chi connectivity index (χ3v) is 6.87. The van der Waals surface area contributed by atoms with Crippen LogP contribution in [-0.2, 0) is 0 Å². The van der Waals surface area contributed by atoms with Gasteiger partial charge in [-0.1, -0.05) is 72.6 Å². The summed E-state index contributed by atoms with van der Waals surface area (Å²) in [5.41, 5.74) is 7.40. The zero-order valence-corrected chi connectivity index (χ0v) is 21.6. The molecule has 0 saturated heterocycles. The molecule has 1 rings (SSSR count). The Morgan fingerprint density at radius 3 is 1.77 bits per heavy atom. The second-order valence-corrected chi connectivity index (χ2v) is 10.4. The van der Waals surface area contributed by atoms with Crippen molar-refractivity contribution in [3.05, 3.63) is 33.6 Å². The zero-order valence-electron chi connectivity index (χ0n) is 21.6. The maximum atomic E-state index is 10.4. The van der Waals surface area contributed by atoms with Gasteiger partial charge in [0.05, 0.1) is 0 Å². The van der Waals surface area contributed by atoms with Gasteiger partial charge in [0, 0.05) is 11.1 Å². The van der Waals surface area contributed by atoms with Gasteiger partial charge in [-0.25, -0.2) is 0 Å². The molecule has 1 aromatic carbocycles. The number of phenolic OH excluding ortho intramolecular Hbond substituents is 2. The van der Waals surface area contributed by atoms with Crippen molar-refractivity contribution in [3.8, 4) is 11.5 Å². The van der Waals surface area contributed by atoms with E-state index in [0.717, 1.165) is 35.3 Å². The molecule has 0 heterocycles. The van der Waals surface area contributed by atoms with Gasteiger partial charge < -0.3 is 10.2 Å². The van der Waals surface area contributed by atoms with Crippen molar-refractivity contribution in [2.45, 2.75) is 113 Å². The maximum absolute atomic E-state index is 10.4. The third-order valence-electron chi connectivity index (χ3n) is 6.87. The lowest BCUT2D eigenvalue weighted by atomic mass is 9.91. The lowest BCUT2D eigenvalue weighted by Crippen LogP contribution is -2.00. The van der Waals surface area contributed by atoms with E-state index in [1.54, 1.807) is 0 Å². The SMILES string of the molecule is CC(=C=Cc1c(C)c(O)c(C)c(C)c1O)CCCC(C)CCCC(C)CCCC(C)C. The Hall–Kier alpha value is -1.66. The molecule has 2 nitrogen and oxygen atoms in total. The highest BCUT2D eigenvalue weighted by Gasteiger charge is 2.14. The number of benzene rings is 1. The van der Waals surface area contributed by atoms with Crippen LogP contribution >= 0.6 is 0 Å². The lowest BCUT2D eigenvalue weighted by Gasteiger charge is -2.15.